The summed E-state index contributed by atoms with van der Waals surface area (Å²) in [5, 5.41) is 0. The molecular weight excluding hydrogens is 190 g/mol. The minimum absolute atomic E-state index is 0.0410. The van der Waals surface area contributed by atoms with E-state index in [0.29, 0.717) is 6.61 Å². The molecule has 0 saturated heterocycles. The highest BCUT2D eigenvalue weighted by molar-refractivity contribution is 5.77. The van der Waals surface area contributed by atoms with Gasteiger partial charge in [0.15, 0.2) is 0 Å². The molecule has 1 aromatic rings. The Morgan fingerprint density at radius 1 is 1.67 bits per heavy atom. The summed E-state index contributed by atoms with van der Waals surface area (Å²) in [6.07, 6.45) is 2.68. The molecular formula is C12H15NO2. The van der Waals surface area contributed by atoms with E-state index in [1.807, 2.05) is 26.0 Å². The molecule has 1 heterocycles. The standard InChI is InChI=1S/C12H15NO2/c1-3-15-12(14)10-7-9(10)11-6-8(2)4-5-13-11/h4-6,9-10H,3,7H2,1-2H3/t9-,10-/m1/s1. The molecule has 2 rings (SSSR count). The van der Waals surface area contributed by atoms with Gasteiger partial charge in [-0.15, -0.1) is 0 Å². The second kappa shape index (κ2) is 4.01. The zero-order valence-electron chi connectivity index (χ0n) is 9.06. The van der Waals surface area contributed by atoms with Crippen LogP contribution in [0.2, 0.25) is 0 Å². The Morgan fingerprint density at radius 2 is 2.47 bits per heavy atom. The molecule has 1 saturated carbocycles. The molecule has 0 spiro atoms. The highest BCUT2D eigenvalue weighted by Gasteiger charge is 2.46. The summed E-state index contributed by atoms with van der Waals surface area (Å²) in [5.41, 5.74) is 2.21. The van der Waals surface area contributed by atoms with Crippen molar-refractivity contribution in [3.63, 3.8) is 0 Å². The Kier molecular flexibility index (Phi) is 2.71. The quantitative estimate of drug-likeness (QED) is 0.709. The largest absolute Gasteiger partial charge is 0.466 e. The molecule has 0 bridgehead atoms. The van der Waals surface area contributed by atoms with Crippen molar-refractivity contribution in [1.29, 1.82) is 0 Å². The predicted molar refractivity (Wildman–Crippen MR) is 56.5 cm³/mol. The summed E-state index contributed by atoms with van der Waals surface area (Å²) in [4.78, 5) is 15.7. The molecule has 0 radical (unpaired) electrons. The number of aryl methyl sites for hydroxylation is 1. The molecule has 3 nitrogen and oxygen atoms in total. The van der Waals surface area contributed by atoms with E-state index in [9.17, 15) is 4.79 Å². The Balaban J connectivity index is 2.01. The molecule has 15 heavy (non-hydrogen) atoms. The van der Waals surface area contributed by atoms with E-state index in [4.69, 9.17) is 4.74 Å². The maximum Gasteiger partial charge on any atom is 0.309 e. The van der Waals surface area contributed by atoms with Crippen LogP contribution >= 0.6 is 0 Å². The van der Waals surface area contributed by atoms with Crippen LogP contribution in [0.5, 0.6) is 0 Å². The third-order valence-electron chi connectivity index (χ3n) is 2.70. The lowest BCUT2D eigenvalue weighted by molar-refractivity contribution is -0.144. The fourth-order valence-electron chi connectivity index (χ4n) is 1.79. The van der Waals surface area contributed by atoms with Gasteiger partial charge in [-0.1, -0.05) is 0 Å². The number of ether oxygens (including phenoxy) is 1. The number of nitrogens with zero attached hydrogens (tertiary/aromatic N) is 1. The lowest BCUT2D eigenvalue weighted by Gasteiger charge is -2.01. The van der Waals surface area contributed by atoms with E-state index >= 15 is 0 Å². The Labute approximate surface area is 89.5 Å². The fourth-order valence-corrected chi connectivity index (χ4v) is 1.79. The number of carbonyl (C=O) groups excluding carboxylic acids is 1. The van der Waals surface area contributed by atoms with E-state index in [-0.39, 0.29) is 17.8 Å². The van der Waals surface area contributed by atoms with Crippen LogP contribution < -0.4 is 0 Å². The summed E-state index contributed by atoms with van der Waals surface area (Å²) in [6.45, 7) is 4.33. The average molecular weight is 205 g/mol. The molecule has 2 atom stereocenters. The Bertz CT molecular complexity index is 376. The van der Waals surface area contributed by atoms with Gasteiger partial charge < -0.3 is 4.74 Å². The smallest absolute Gasteiger partial charge is 0.309 e. The normalized spacial score (nSPS) is 23.6. The number of hydrogen-bond donors (Lipinski definition) is 0. The van der Waals surface area contributed by atoms with Crippen LogP contribution in [0.25, 0.3) is 0 Å². The van der Waals surface area contributed by atoms with Crippen LogP contribution in [-0.4, -0.2) is 17.6 Å². The van der Waals surface area contributed by atoms with E-state index in [1.54, 1.807) is 6.20 Å². The summed E-state index contributed by atoms with van der Waals surface area (Å²) >= 11 is 0. The van der Waals surface area contributed by atoms with Crippen LogP contribution in [0, 0.1) is 12.8 Å². The first-order valence-corrected chi connectivity index (χ1v) is 5.31. The van der Waals surface area contributed by atoms with E-state index in [2.05, 4.69) is 4.98 Å². The first-order chi connectivity index (χ1) is 7.22. The maximum atomic E-state index is 11.4. The second-order valence-electron chi connectivity index (χ2n) is 3.96. The number of aromatic nitrogens is 1. The first-order valence-electron chi connectivity index (χ1n) is 5.31. The second-order valence-corrected chi connectivity index (χ2v) is 3.96. The molecule has 3 heteroatoms. The van der Waals surface area contributed by atoms with Crippen molar-refractivity contribution in [2.75, 3.05) is 6.61 Å². The molecule has 1 aromatic heterocycles. The predicted octanol–water partition coefficient (Wildman–Crippen LogP) is 2.06. The molecule has 1 aliphatic rings. The summed E-state index contributed by atoms with van der Waals surface area (Å²) < 4.78 is 4.98. The van der Waals surface area contributed by atoms with Crippen molar-refractivity contribution in [3.8, 4) is 0 Å². The minimum Gasteiger partial charge on any atom is -0.466 e. The SMILES string of the molecule is CCOC(=O)[C@@H]1C[C@H]1c1cc(C)ccn1. The number of pyridine rings is 1. The van der Waals surface area contributed by atoms with Gasteiger partial charge in [-0.25, -0.2) is 0 Å². The minimum atomic E-state index is -0.0780. The van der Waals surface area contributed by atoms with Crippen molar-refractivity contribution in [1.82, 2.24) is 4.98 Å². The number of esters is 1. The van der Waals surface area contributed by atoms with Crippen LogP contribution in [0.1, 0.15) is 30.5 Å². The molecule has 1 fully saturated rings. The topological polar surface area (TPSA) is 39.2 Å². The maximum absolute atomic E-state index is 11.4. The molecule has 0 unspecified atom stereocenters. The lowest BCUT2D eigenvalue weighted by Crippen LogP contribution is -2.07. The van der Waals surface area contributed by atoms with Gasteiger partial charge in [-0.05, 0) is 38.0 Å². The van der Waals surface area contributed by atoms with E-state index in [0.717, 1.165) is 12.1 Å². The van der Waals surface area contributed by atoms with Gasteiger partial charge in [0.05, 0.1) is 12.5 Å². The van der Waals surface area contributed by atoms with Crippen molar-refractivity contribution < 1.29 is 9.53 Å². The van der Waals surface area contributed by atoms with Crippen LogP contribution in [-0.2, 0) is 9.53 Å². The van der Waals surface area contributed by atoms with Crippen LogP contribution in [0.15, 0.2) is 18.3 Å². The Morgan fingerprint density at radius 3 is 3.13 bits per heavy atom. The van der Waals surface area contributed by atoms with Gasteiger partial charge in [-0.3, -0.25) is 9.78 Å². The zero-order valence-corrected chi connectivity index (χ0v) is 9.06. The van der Waals surface area contributed by atoms with Crippen LogP contribution in [0.4, 0.5) is 0 Å². The number of rotatable bonds is 3. The molecule has 0 aromatic carbocycles. The van der Waals surface area contributed by atoms with Gasteiger partial charge in [0, 0.05) is 17.8 Å². The third kappa shape index (κ3) is 2.17. The number of carbonyl (C=O) groups is 1. The highest BCUT2D eigenvalue weighted by atomic mass is 16.5. The van der Waals surface area contributed by atoms with Crippen molar-refractivity contribution in [3.05, 3.63) is 29.6 Å². The molecule has 80 valence electrons. The monoisotopic (exact) mass is 205 g/mol. The molecule has 0 aliphatic heterocycles. The number of hydrogen-bond acceptors (Lipinski definition) is 3. The highest BCUT2D eigenvalue weighted by Crippen LogP contribution is 2.47. The molecule has 1 aliphatic carbocycles. The first kappa shape index (κ1) is 10.1. The van der Waals surface area contributed by atoms with Gasteiger partial charge in [0.1, 0.15) is 0 Å². The van der Waals surface area contributed by atoms with Gasteiger partial charge in [0.2, 0.25) is 0 Å². The van der Waals surface area contributed by atoms with Crippen molar-refractivity contribution in [2.45, 2.75) is 26.2 Å². The lowest BCUT2D eigenvalue weighted by atomic mass is 10.2. The van der Waals surface area contributed by atoms with Crippen molar-refractivity contribution in [2.24, 2.45) is 5.92 Å². The zero-order chi connectivity index (χ0) is 10.8. The molecule has 0 amide bonds. The summed E-state index contributed by atoms with van der Waals surface area (Å²) in [5.74, 6) is 0.244. The third-order valence-corrected chi connectivity index (χ3v) is 2.70. The van der Waals surface area contributed by atoms with Crippen LogP contribution in [0.3, 0.4) is 0 Å². The van der Waals surface area contributed by atoms with Gasteiger partial charge >= 0.3 is 5.97 Å². The summed E-state index contributed by atoms with van der Waals surface area (Å²) in [7, 11) is 0. The van der Waals surface area contributed by atoms with E-state index < -0.39 is 0 Å². The van der Waals surface area contributed by atoms with Gasteiger partial charge in [-0.2, -0.15) is 0 Å². The Hall–Kier alpha value is -1.38. The van der Waals surface area contributed by atoms with Crippen molar-refractivity contribution >= 4 is 5.97 Å². The fraction of sp³-hybridized carbons (Fsp3) is 0.500. The van der Waals surface area contributed by atoms with Gasteiger partial charge in [0.25, 0.3) is 0 Å². The average Bonchev–Trinajstić information content (AvgIpc) is 2.97. The van der Waals surface area contributed by atoms with E-state index in [1.165, 1.54) is 5.56 Å². The summed E-state index contributed by atoms with van der Waals surface area (Å²) in [6, 6.07) is 4.01. The molecule has 0 N–H and O–H groups in total.